The van der Waals surface area contributed by atoms with Gasteiger partial charge in [-0.25, -0.2) is 9.78 Å². The molecule has 12 heteroatoms. The Hall–Kier alpha value is -4.26. The highest BCUT2D eigenvalue weighted by Crippen LogP contribution is 2.34. The predicted molar refractivity (Wildman–Crippen MR) is 161 cm³/mol. The topological polar surface area (TPSA) is 150 Å². The molecule has 0 fully saturated rings. The number of hydrogen-bond acceptors (Lipinski definition) is 8. The van der Waals surface area contributed by atoms with Crippen LogP contribution in [0.3, 0.4) is 0 Å². The summed E-state index contributed by atoms with van der Waals surface area (Å²) in [5.41, 5.74) is 3.59. The number of hydrogen-bond donors (Lipinski definition) is 3. The highest BCUT2D eigenvalue weighted by atomic mass is 32.2. The number of alkyl carbamates (subject to hydrolysis) is 1. The van der Waals surface area contributed by atoms with E-state index < -0.39 is 34.4 Å². The van der Waals surface area contributed by atoms with Gasteiger partial charge in [0.1, 0.15) is 16.8 Å². The van der Waals surface area contributed by atoms with Crippen LogP contribution in [-0.2, 0) is 39.1 Å². The molecule has 0 aliphatic rings. The molecule has 220 valence electrons. The number of aromatic nitrogens is 1. The third kappa shape index (κ3) is 8.62. The van der Waals surface area contributed by atoms with Gasteiger partial charge >= 0.3 is 16.4 Å². The first-order valence-corrected chi connectivity index (χ1v) is 15.5. The van der Waals surface area contributed by atoms with Crippen molar-refractivity contribution < 1.29 is 26.9 Å². The lowest BCUT2D eigenvalue weighted by Gasteiger charge is -2.22. The molecule has 0 aliphatic carbocycles. The molecular formula is C30H32N4O6S2. The van der Waals surface area contributed by atoms with Gasteiger partial charge in [0.05, 0.1) is 23.7 Å². The number of carbonyl (C=O) groups is 2. The summed E-state index contributed by atoms with van der Waals surface area (Å²) in [6.45, 7) is 2.03. The van der Waals surface area contributed by atoms with Crippen LogP contribution in [0.4, 0.5) is 4.79 Å². The van der Waals surface area contributed by atoms with Crippen molar-refractivity contribution in [3.63, 3.8) is 0 Å². The monoisotopic (exact) mass is 608 g/mol. The van der Waals surface area contributed by atoms with Gasteiger partial charge in [-0.15, -0.1) is 11.3 Å². The quantitative estimate of drug-likeness (QED) is 0.217. The molecule has 0 saturated carbocycles. The smallest absolute Gasteiger partial charge is 0.407 e. The van der Waals surface area contributed by atoms with E-state index in [1.807, 2.05) is 67.6 Å². The first-order valence-electron chi connectivity index (χ1n) is 13.2. The lowest BCUT2D eigenvalue weighted by atomic mass is 10.0. The average Bonchev–Trinajstić information content (AvgIpc) is 3.42. The van der Waals surface area contributed by atoms with Crippen molar-refractivity contribution in [1.29, 1.82) is 0 Å². The van der Waals surface area contributed by atoms with Crippen molar-refractivity contribution >= 4 is 33.6 Å². The van der Waals surface area contributed by atoms with Gasteiger partial charge in [-0.3, -0.25) is 4.79 Å². The third-order valence-electron chi connectivity index (χ3n) is 6.35. The molecule has 4 N–H and O–H groups in total. The fourth-order valence-electron chi connectivity index (χ4n) is 4.36. The molecule has 0 radical (unpaired) electrons. The SMILES string of the molecule is CCc1nc(C(Cc2ccc(OS(N)(=O)=O)cc2)NC(=O)C(Cc2ccccc2)NC(=O)OC)sc1-c1ccccc1. The molecular weight excluding hydrogens is 576 g/mol. The molecule has 0 saturated heterocycles. The standard InChI is InChI=1S/C30H32N4O6S2/c1-3-24-27(22-12-8-5-9-13-22)41-29(33-24)26(19-21-14-16-23(17-15-21)40-42(31,37)38)32-28(35)25(34-30(36)39-2)18-20-10-6-4-7-11-20/h4-17,25-26H,3,18-19H2,1-2H3,(H,32,35)(H,34,36)(H2,31,37,38). The first kappa shape index (κ1) is 30.7. The Labute approximate surface area is 249 Å². The van der Waals surface area contributed by atoms with Crippen molar-refractivity contribution in [1.82, 2.24) is 15.6 Å². The Morgan fingerprint density at radius 2 is 1.52 bits per heavy atom. The number of carbonyl (C=O) groups excluding carboxylic acids is 2. The van der Waals surface area contributed by atoms with Crippen LogP contribution in [0.2, 0.25) is 0 Å². The summed E-state index contributed by atoms with van der Waals surface area (Å²) < 4.78 is 32.1. The Balaban J connectivity index is 1.66. The summed E-state index contributed by atoms with van der Waals surface area (Å²) in [6, 6.07) is 24.2. The number of thiazole rings is 1. The molecule has 0 bridgehead atoms. The summed E-state index contributed by atoms with van der Waals surface area (Å²) in [5, 5.41) is 11.4. The first-order chi connectivity index (χ1) is 20.1. The van der Waals surface area contributed by atoms with Crippen molar-refractivity contribution in [3.05, 3.63) is 107 Å². The van der Waals surface area contributed by atoms with Gasteiger partial charge in [0, 0.05) is 6.42 Å². The summed E-state index contributed by atoms with van der Waals surface area (Å²) in [6.07, 6.45) is 0.563. The van der Waals surface area contributed by atoms with E-state index in [9.17, 15) is 18.0 Å². The number of amides is 2. The van der Waals surface area contributed by atoms with Crippen molar-refractivity contribution in [2.24, 2.45) is 5.14 Å². The fraction of sp³-hybridized carbons (Fsp3) is 0.233. The van der Waals surface area contributed by atoms with E-state index >= 15 is 0 Å². The van der Waals surface area contributed by atoms with Gasteiger partial charge in [0.15, 0.2) is 0 Å². The Morgan fingerprint density at radius 3 is 2.12 bits per heavy atom. The number of ether oxygens (including phenoxy) is 1. The molecule has 2 atom stereocenters. The van der Waals surface area contributed by atoms with E-state index in [0.717, 1.165) is 27.3 Å². The van der Waals surface area contributed by atoms with Crippen LogP contribution < -0.4 is 20.0 Å². The second-order valence-corrected chi connectivity index (χ2v) is 11.6. The minimum Gasteiger partial charge on any atom is -0.453 e. The van der Waals surface area contributed by atoms with Gasteiger partial charge in [-0.2, -0.15) is 13.6 Å². The maximum absolute atomic E-state index is 13.7. The van der Waals surface area contributed by atoms with Gasteiger partial charge in [-0.1, -0.05) is 79.7 Å². The maximum atomic E-state index is 13.7. The van der Waals surface area contributed by atoms with E-state index in [4.69, 9.17) is 19.0 Å². The molecule has 1 heterocycles. The normalized spacial score (nSPS) is 12.6. The van der Waals surface area contributed by atoms with Crippen molar-refractivity contribution in [3.8, 4) is 16.2 Å². The molecule has 2 amide bonds. The molecule has 4 rings (SSSR count). The Bertz CT molecular complexity index is 1590. The lowest BCUT2D eigenvalue weighted by Crippen LogP contribution is -2.49. The van der Waals surface area contributed by atoms with E-state index in [-0.39, 0.29) is 12.2 Å². The number of nitrogens with one attached hydrogen (secondary N) is 2. The summed E-state index contributed by atoms with van der Waals surface area (Å²) in [7, 11) is -2.92. The molecule has 42 heavy (non-hydrogen) atoms. The van der Waals surface area contributed by atoms with Gasteiger partial charge in [0.2, 0.25) is 5.91 Å². The zero-order valence-electron chi connectivity index (χ0n) is 23.1. The van der Waals surface area contributed by atoms with Gasteiger partial charge < -0.3 is 19.6 Å². The van der Waals surface area contributed by atoms with Crippen LogP contribution in [-0.4, -0.2) is 38.6 Å². The zero-order valence-corrected chi connectivity index (χ0v) is 24.8. The molecule has 4 aromatic rings. The summed E-state index contributed by atoms with van der Waals surface area (Å²) in [5.74, 6) is -0.334. The molecule has 10 nitrogen and oxygen atoms in total. The number of rotatable bonds is 12. The molecule has 0 aliphatic heterocycles. The zero-order chi connectivity index (χ0) is 30.1. The Kier molecular flexibility index (Phi) is 10.3. The second-order valence-electron chi connectivity index (χ2n) is 9.41. The minimum absolute atomic E-state index is 0.0703. The van der Waals surface area contributed by atoms with E-state index in [0.29, 0.717) is 17.8 Å². The number of aryl methyl sites for hydroxylation is 1. The molecule has 2 unspecified atom stereocenters. The van der Waals surface area contributed by atoms with E-state index in [1.165, 1.54) is 30.6 Å². The number of benzene rings is 3. The van der Waals surface area contributed by atoms with Crippen LogP contribution in [0.1, 0.15) is 34.8 Å². The van der Waals surface area contributed by atoms with E-state index in [1.54, 1.807) is 12.1 Å². The number of methoxy groups -OCH3 is 1. The maximum Gasteiger partial charge on any atom is 0.407 e. The minimum atomic E-state index is -4.16. The van der Waals surface area contributed by atoms with Crippen LogP contribution in [0.5, 0.6) is 5.75 Å². The lowest BCUT2D eigenvalue weighted by molar-refractivity contribution is -0.123. The van der Waals surface area contributed by atoms with Gasteiger partial charge in [-0.05, 0) is 41.7 Å². The number of nitrogens with two attached hydrogens (primary N) is 1. The fourth-order valence-corrected chi connectivity index (χ4v) is 5.95. The number of nitrogens with zero attached hydrogens (tertiary/aromatic N) is 1. The van der Waals surface area contributed by atoms with Gasteiger partial charge in [0.25, 0.3) is 0 Å². The van der Waals surface area contributed by atoms with Crippen LogP contribution >= 0.6 is 11.3 Å². The van der Waals surface area contributed by atoms with Crippen LogP contribution in [0.15, 0.2) is 84.9 Å². The predicted octanol–water partition coefficient (Wildman–Crippen LogP) is 4.32. The molecule has 0 spiro atoms. The summed E-state index contributed by atoms with van der Waals surface area (Å²) in [4.78, 5) is 31.8. The van der Waals surface area contributed by atoms with Crippen molar-refractivity contribution in [2.75, 3.05) is 7.11 Å². The van der Waals surface area contributed by atoms with Crippen molar-refractivity contribution in [2.45, 2.75) is 38.3 Å². The molecule has 3 aromatic carbocycles. The highest BCUT2D eigenvalue weighted by molar-refractivity contribution is 7.84. The van der Waals surface area contributed by atoms with Crippen LogP contribution in [0, 0.1) is 0 Å². The summed E-state index contributed by atoms with van der Waals surface area (Å²) >= 11 is 1.49. The highest BCUT2D eigenvalue weighted by Gasteiger charge is 2.27. The second kappa shape index (κ2) is 14.1. The third-order valence-corrected chi connectivity index (χ3v) is 8.04. The Morgan fingerprint density at radius 1 is 0.905 bits per heavy atom. The van der Waals surface area contributed by atoms with E-state index in [2.05, 4.69) is 10.6 Å². The largest absolute Gasteiger partial charge is 0.453 e. The average molecular weight is 609 g/mol. The van der Waals surface area contributed by atoms with Crippen LogP contribution in [0.25, 0.3) is 10.4 Å². The molecule has 1 aromatic heterocycles.